The van der Waals surface area contributed by atoms with Crippen molar-refractivity contribution in [3.8, 4) is 0 Å². The summed E-state index contributed by atoms with van der Waals surface area (Å²) in [6.45, 7) is 1.09. The van der Waals surface area contributed by atoms with Crippen LogP contribution in [0.15, 0.2) is 53.0 Å². The molecule has 1 fully saturated rings. The summed E-state index contributed by atoms with van der Waals surface area (Å²) >= 11 is 3.54. The Labute approximate surface area is 140 Å². The van der Waals surface area contributed by atoms with Crippen molar-refractivity contribution in [1.29, 1.82) is 0 Å². The molecule has 0 bridgehead atoms. The Morgan fingerprint density at radius 1 is 1.00 bits per heavy atom. The van der Waals surface area contributed by atoms with E-state index in [0.29, 0.717) is 13.1 Å². The first-order valence-electron chi connectivity index (χ1n) is 7.33. The molecule has 0 N–H and O–H groups in total. The molecule has 2 aromatic rings. The van der Waals surface area contributed by atoms with Gasteiger partial charge in [-0.3, -0.25) is 0 Å². The Morgan fingerprint density at radius 3 is 2.41 bits per heavy atom. The molecular weight excluding hydrogens is 362 g/mol. The van der Waals surface area contributed by atoms with Crippen LogP contribution in [0.5, 0.6) is 0 Å². The molecule has 0 aliphatic carbocycles. The smallest absolute Gasteiger partial charge is 0.212 e. The third kappa shape index (κ3) is 3.77. The molecule has 1 saturated heterocycles. The van der Waals surface area contributed by atoms with E-state index in [2.05, 4.69) is 40.2 Å². The van der Waals surface area contributed by atoms with Crippen molar-refractivity contribution < 1.29 is 8.42 Å². The second-order valence-corrected chi connectivity index (χ2v) is 8.64. The molecule has 116 valence electrons. The van der Waals surface area contributed by atoms with Gasteiger partial charge in [-0.25, -0.2) is 8.42 Å². The lowest BCUT2D eigenvalue weighted by molar-refractivity contribution is 0.439. The summed E-state index contributed by atoms with van der Waals surface area (Å²) in [5.41, 5.74) is 3.47. The maximum Gasteiger partial charge on any atom is 0.214 e. The summed E-state index contributed by atoms with van der Waals surface area (Å²) < 4.78 is 26.5. The van der Waals surface area contributed by atoms with Crippen LogP contribution >= 0.6 is 15.9 Å². The molecule has 2 aromatic carbocycles. The lowest BCUT2D eigenvalue weighted by Crippen LogP contribution is -2.25. The van der Waals surface area contributed by atoms with E-state index in [1.807, 2.05) is 24.3 Å². The number of nitrogens with zero attached hydrogens (tertiary/aromatic N) is 1. The fourth-order valence-electron chi connectivity index (χ4n) is 2.81. The van der Waals surface area contributed by atoms with Crippen LogP contribution in [0.2, 0.25) is 0 Å². The van der Waals surface area contributed by atoms with Crippen LogP contribution in [0.25, 0.3) is 0 Å². The first-order chi connectivity index (χ1) is 10.5. The number of rotatable bonds is 4. The van der Waals surface area contributed by atoms with Gasteiger partial charge in [0.25, 0.3) is 0 Å². The molecule has 0 radical (unpaired) electrons. The monoisotopic (exact) mass is 379 g/mol. The van der Waals surface area contributed by atoms with E-state index in [1.54, 1.807) is 4.31 Å². The second-order valence-electron chi connectivity index (χ2n) is 5.63. The van der Waals surface area contributed by atoms with E-state index < -0.39 is 10.0 Å². The first-order valence-corrected chi connectivity index (χ1v) is 9.73. The molecule has 5 heteroatoms. The van der Waals surface area contributed by atoms with E-state index in [0.717, 1.165) is 22.9 Å². The second kappa shape index (κ2) is 6.52. The summed E-state index contributed by atoms with van der Waals surface area (Å²) in [5, 5.41) is 0. The molecule has 0 atom stereocenters. The molecule has 1 heterocycles. The van der Waals surface area contributed by atoms with Crippen molar-refractivity contribution >= 4 is 26.0 Å². The molecule has 1 aliphatic heterocycles. The molecule has 0 amide bonds. The van der Waals surface area contributed by atoms with Gasteiger partial charge >= 0.3 is 0 Å². The standard InChI is InChI=1S/C17H18BrNO2S/c18-17-11-15(9-14-5-2-1-3-6-14)10-16(12-17)13-19-7-4-8-22(19,20)21/h1-3,5-6,10-12H,4,7-9,13H2. The fourth-order valence-corrected chi connectivity index (χ4v) is 4.91. The molecule has 3 nitrogen and oxygen atoms in total. The summed E-state index contributed by atoms with van der Waals surface area (Å²) in [7, 11) is -3.05. The van der Waals surface area contributed by atoms with E-state index >= 15 is 0 Å². The first kappa shape index (κ1) is 15.7. The van der Waals surface area contributed by atoms with E-state index in [4.69, 9.17) is 0 Å². The summed E-state index contributed by atoms with van der Waals surface area (Å²) in [6.07, 6.45) is 1.58. The average Bonchev–Trinajstić information content (AvgIpc) is 2.78. The highest BCUT2D eigenvalue weighted by Crippen LogP contribution is 2.22. The van der Waals surface area contributed by atoms with Gasteiger partial charge in [0.05, 0.1) is 5.75 Å². The van der Waals surface area contributed by atoms with Crippen molar-refractivity contribution in [2.45, 2.75) is 19.4 Å². The molecule has 1 aliphatic rings. The number of hydrogen-bond donors (Lipinski definition) is 0. The predicted molar refractivity (Wildman–Crippen MR) is 92.2 cm³/mol. The van der Waals surface area contributed by atoms with Crippen molar-refractivity contribution in [2.75, 3.05) is 12.3 Å². The zero-order valence-electron chi connectivity index (χ0n) is 12.2. The minimum absolute atomic E-state index is 0.276. The number of hydrogen-bond acceptors (Lipinski definition) is 2. The number of sulfonamides is 1. The molecule has 0 saturated carbocycles. The minimum Gasteiger partial charge on any atom is -0.212 e. The quantitative estimate of drug-likeness (QED) is 0.813. The Morgan fingerprint density at radius 2 is 1.73 bits per heavy atom. The van der Waals surface area contributed by atoms with Gasteiger partial charge in [0, 0.05) is 17.6 Å². The van der Waals surface area contributed by atoms with Gasteiger partial charge < -0.3 is 0 Å². The van der Waals surface area contributed by atoms with E-state index in [-0.39, 0.29) is 5.75 Å². The Bertz CT molecular complexity index is 759. The van der Waals surface area contributed by atoms with Gasteiger partial charge in [-0.15, -0.1) is 0 Å². The lowest BCUT2D eigenvalue weighted by Gasteiger charge is -2.15. The number of benzene rings is 2. The highest BCUT2D eigenvalue weighted by Gasteiger charge is 2.28. The maximum absolute atomic E-state index is 11.9. The third-order valence-electron chi connectivity index (χ3n) is 3.83. The zero-order valence-corrected chi connectivity index (χ0v) is 14.6. The summed E-state index contributed by atoms with van der Waals surface area (Å²) in [6, 6.07) is 16.5. The van der Waals surface area contributed by atoms with Crippen LogP contribution in [-0.2, 0) is 23.0 Å². The lowest BCUT2D eigenvalue weighted by atomic mass is 10.0. The van der Waals surface area contributed by atoms with Crippen LogP contribution in [0.1, 0.15) is 23.1 Å². The largest absolute Gasteiger partial charge is 0.214 e. The van der Waals surface area contributed by atoms with Crippen LogP contribution in [0.3, 0.4) is 0 Å². The van der Waals surface area contributed by atoms with Crippen LogP contribution < -0.4 is 0 Å². The van der Waals surface area contributed by atoms with Crippen molar-refractivity contribution in [1.82, 2.24) is 4.31 Å². The highest BCUT2D eigenvalue weighted by atomic mass is 79.9. The molecule has 0 spiro atoms. The molecule has 3 rings (SSSR count). The average molecular weight is 380 g/mol. The van der Waals surface area contributed by atoms with Gasteiger partial charge in [-0.2, -0.15) is 4.31 Å². The van der Waals surface area contributed by atoms with E-state index in [1.165, 1.54) is 11.1 Å². The zero-order chi connectivity index (χ0) is 15.6. The van der Waals surface area contributed by atoms with Gasteiger partial charge in [-0.05, 0) is 41.7 Å². The van der Waals surface area contributed by atoms with Crippen molar-refractivity contribution in [3.63, 3.8) is 0 Å². The van der Waals surface area contributed by atoms with Crippen LogP contribution in [0, 0.1) is 0 Å². The SMILES string of the molecule is O=S1(=O)CCCN1Cc1cc(Br)cc(Cc2ccccc2)c1. The topological polar surface area (TPSA) is 37.4 Å². The van der Waals surface area contributed by atoms with Gasteiger partial charge in [0.15, 0.2) is 0 Å². The summed E-state index contributed by atoms with van der Waals surface area (Å²) in [5.74, 6) is 0.276. The van der Waals surface area contributed by atoms with E-state index in [9.17, 15) is 8.42 Å². The number of halogens is 1. The highest BCUT2D eigenvalue weighted by molar-refractivity contribution is 9.10. The fraction of sp³-hybridized carbons (Fsp3) is 0.294. The molecular formula is C17H18BrNO2S. The maximum atomic E-state index is 11.9. The van der Waals surface area contributed by atoms with Crippen molar-refractivity contribution in [2.24, 2.45) is 0 Å². The van der Waals surface area contributed by atoms with Crippen LogP contribution in [0.4, 0.5) is 0 Å². The predicted octanol–water partition coefficient (Wildman–Crippen LogP) is 3.58. The minimum atomic E-state index is -3.05. The Balaban J connectivity index is 1.81. The van der Waals surface area contributed by atoms with Crippen molar-refractivity contribution in [3.05, 3.63) is 69.7 Å². The Kier molecular flexibility index (Phi) is 4.66. The normalized spacial score (nSPS) is 17.7. The molecule has 0 aromatic heterocycles. The Hall–Kier alpha value is -1.17. The molecule has 0 unspecified atom stereocenters. The van der Waals surface area contributed by atoms with Crippen LogP contribution in [-0.4, -0.2) is 25.0 Å². The molecule has 22 heavy (non-hydrogen) atoms. The van der Waals surface area contributed by atoms with Gasteiger partial charge in [0.2, 0.25) is 10.0 Å². The third-order valence-corrected chi connectivity index (χ3v) is 6.19. The van der Waals surface area contributed by atoms with Gasteiger partial charge in [-0.1, -0.05) is 52.3 Å². The summed E-state index contributed by atoms with van der Waals surface area (Å²) in [4.78, 5) is 0. The van der Waals surface area contributed by atoms with Gasteiger partial charge in [0.1, 0.15) is 0 Å².